The van der Waals surface area contributed by atoms with Gasteiger partial charge in [0.1, 0.15) is 0 Å². The fourth-order valence-corrected chi connectivity index (χ4v) is 4.64. The summed E-state index contributed by atoms with van der Waals surface area (Å²) in [5, 5.41) is 2.75. The van der Waals surface area contributed by atoms with Crippen molar-refractivity contribution in [2.45, 2.75) is 19.9 Å². The molecule has 3 aromatic heterocycles. The SMILES string of the molecule is Cc1cccc2sc(N(CCCn3ccnc3)C(=O)C=Cc3cccs3)nc12.Cl. The number of imidazole rings is 1. The Morgan fingerprint density at radius 2 is 2.17 bits per heavy atom. The zero-order valence-electron chi connectivity index (χ0n) is 15.9. The Labute approximate surface area is 183 Å². The summed E-state index contributed by atoms with van der Waals surface area (Å²) >= 11 is 3.18. The summed E-state index contributed by atoms with van der Waals surface area (Å²) in [6, 6.07) is 10.1. The van der Waals surface area contributed by atoms with Crippen LogP contribution in [-0.2, 0) is 11.3 Å². The van der Waals surface area contributed by atoms with E-state index in [2.05, 4.69) is 11.1 Å². The first-order valence-corrected chi connectivity index (χ1v) is 10.8. The van der Waals surface area contributed by atoms with Crippen LogP contribution in [0.3, 0.4) is 0 Å². The third-order valence-corrected chi connectivity index (χ3v) is 6.28. The highest BCUT2D eigenvalue weighted by Crippen LogP contribution is 2.31. The van der Waals surface area contributed by atoms with Gasteiger partial charge in [0.15, 0.2) is 5.13 Å². The molecule has 4 rings (SSSR count). The first-order chi connectivity index (χ1) is 13.7. The molecule has 0 saturated carbocycles. The van der Waals surface area contributed by atoms with Crippen LogP contribution in [0.1, 0.15) is 16.9 Å². The smallest absolute Gasteiger partial charge is 0.252 e. The molecule has 0 aliphatic carbocycles. The third-order valence-electron chi connectivity index (χ3n) is 4.40. The van der Waals surface area contributed by atoms with Crippen molar-refractivity contribution in [2.24, 2.45) is 0 Å². The van der Waals surface area contributed by atoms with Gasteiger partial charge in [-0.1, -0.05) is 29.5 Å². The maximum absolute atomic E-state index is 13.0. The van der Waals surface area contributed by atoms with Gasteiger partial charge >= 0.3 is 0 Å². The number of hydrogen-bond donors (Lipinski definition) is 0. The van der Waals surface area contributed by atoms with Crippen molar-refractivity contribution in [1.82, 2.24) is 14.5 Å². The Hall–Kier alpha value is -2.48. The minimum atomic E-state index is -0.0456. The molecule has 1 amide bonds. The molecule has 1 aromatic carbocycles. The summed E-state index contributed by atoms with van der Waals surface area (Å²) in [6.07, 6.45) is 9.83. The zero-order valence-corrected chi connectivity index (χ0v) is 18.3. The van der Waals surface area contributed by atoms with Crippen LogP contribution in [0.25, 0.3) is 16.3 Å². The predicted molar refractivity (Wildman–Crippen MR) is 124 cm³/mol. The molecule has 0 N–H and O–H groups in total. The summed E-state index contributed by atoms with van der Waals surface area (Å²) in [7, 11) is 0. The fourth-order valence-electron chi connectivity index (χ4n) is 2.95. The van der Waals surface area contributed by atoms with E-state index in [1.54, 1.807) is 46.2 Å². The standard InChI is InChI=1S/C21H20N4OS2.ClH/c1-16-5-2-7-18-20(16)23-21(28-18)25(12-4-11-24-13-10-22-15-24)19(26)9-8-17-6-3-14-27-17;/h2-3,5-10,13-15H,4,11-12H2,1H3;1H. The van der Waals surface area contributed by atoms with Gasteiger partial charge in [0.05, 0.1) is 16.5 Å². The largest absolute Gasteiger partial charge is 0.337 e. The number of amides is 1. The molecule has 0 unspecified atom stereocenters. The summed E-state index contributed by atoms with van der Waals surface area (Å²) in [5.41, 5.74) is 2.09. The lowest BCUT2D eigenvalue weighted by atomic mass is 10.2. The van der Waals surface area contributed by atoms with Crippen molar-refractivity contribution in [3.05, 3.63) is 70.9 Å². The van der Waals surface area contributed by atoms with Crippen molar-refractivity contribution in [2.75, 3.05) is 11.4 Å². The summed E-state index contributed by atoms with van der Waals surface area (Å²) in [6.45, 7) is 3.46. The molecule has 0 atom stereocenters. The Balaban J connectivity index is 0.00000240. The number of fused-ring (bicyclic) bond motifs is 1. The van der Waals surface area contributed by atoms with Crippen molar-refractivity contribution in [3.8, 4) is 0 Å². The lowest BCUT2D eigenvalue weighted by Gasteiger charge is -2.18. The predicted octanol–water partition coefficient (Wildman–Crippen LogP) is 5.42. The maximum atomic E-state index is 13.0. The Morgan fingerprint density at radius 1 is 1.28 bits per heavy atom. The van der Waals surface area contributed by atoms with Gasteiger partial charge in [-0.25, -0.2) is 9.97 Å². The van der Waals surface area contributed by atoms with E-state index >= 15 is 0 Å². The quantitative estimate of drug-likeness (QED) is 0.357. The number of anilines is 1. The number of aryl methyl sites for hydroxylation is 2. The first kappa shape index (κ1) is 21.2. The molecule has 29 heavy (non-hydrogen) atoms. The molecule has 0 saturated heterocycles. The van der Waals surface area contributed by atoms with Crippen molar-refractivity contribution >= 4 is 62.4 Å². The van der Waals surface area contributed by atoms with Crippen molar-refractivity contribution in [1.29, 1.82) is 0 Å². The Morgan fingerprint density at radius 3 is 2.90 bits per heavy atom. The normalized spacial score (nSPS) is 11.1. The average Bonchev–Trinajstić information content (AvgIpc) is 3.45. The summed E-state index contributed by atoms with van der Waals surface area (Å²) in [5.74, 6) is -0.0456. The number of aromatic nitrogens is 3. The van der Waals surface area contributed by atoms with E-state index in [9.17, 15) is 4.79 Å². The molecule has 0 spiro atoms. The number of para-hydroxylation sites is 1. The van der Waals surface area contributed by atoms with Gasteiger partial charge in [0, 0.05) is 36.4 Å². The van der Waals surface area contributed by atoms with Gasteiger partial charge in [0.2, 0.25) is 0 Å². The van der Waals surface area contributed by atoms with Gasteiger partial charge in [-0.3, -0.25) is 9.69 Å². The zero-order chi connectivity index (χ0) is 19.3. The van der Waals surface area contributed by atoms with Crippen molar-refractivity contribution in [3.63, 3.8) is 0 Å². The molecule has 3 heterocycles. The average molecular weight is 445 g/mol. The lowest BCUT2D eigenvalue weighted by molar-refractivity contribution is -0.114. The van der Waals surface area contributed by atoms with Crippen LogP contribution in [0.15, 0.2) is 60.5 Å². The number of benzene rings is 1. The number of thiophene rings is 1. The van der Waals surface area contributed by atoms with Crippen LogP contribution in [-0.4, -0.2) is 27.0 Å². The number of nitrogens with zero attached hydrogens (tertiary/aromatic N) is 4. The summed E-state index contributed by atoms with van der Waals surface area (Å²) in [4.78, 5) is 24.7. The number of hydrogen-bond acceptors (Lipinski definition) is 5. The molecule has 0 aliphatic heterocycles. The maximum Gasteiger partial charge on any atom is 0.252 e. The molecule has 0 fully saturated rings. The number of rotatable bonds is 7. The van der Waals surface area contributed by atoms with Crippen LogP contribution < -0.4 is 4.90 Å². The highest BCUT2D eigenvalue weighted by Gasteiger charge is 2.18. The van der Waals surface area contributed by atoms with Gasteiger partial charge in [0.25, 0.3) is 5.91 Å². The lowest BCUT2D eigenvalue weighted by Crippen LogP contribution is -2.30. The molecule has 0 radical (unpaired) electrons. The second kappa shape index (κ2) is 9.82. The van der Waals surface area contributed by atoms with E-state index in [0.717, 1.165) is 38.8 Å². The third kappa shape index (κ3) is 5.12. The highest BCUT2D eigenvalue weighted by molar-refractivity contribution is 7.22. The second-order valence-corrected chi connectivity index (χ2v) is 8.40. The van der Waals surface area contributed by atoms with Crippen molar-refractivity contribution < 1.29 is 4.79 Å². The molecular formula is C21H21ClN4OS2. The van der Waals surface area contributed by atoms with Gasteiger partial charge in [-0.15, -0.1) is 23.7 Å². The second-order valence-electron chi connectivity index (χ2n) is 6.41. The van der Waals surface area contributed by atoms with Gasteiger partial charge in [-0.05, 0) is 42.5 Å². The minimum Gasteiger partial charge on any atom is -0.337 e. The van der Waals surface area contributed by atoms with Crippen LogP contribution in [0, 0.1) is 6.92 Å². The van der Waals surface area contributed by atoms with E-state index in [1.165, 1.54) is 0 Å². The molecule has 0 aliphatic rings. The topological polar surface area (TPSA) is 51.0 Å². The Bertz CT molecular complexity index is 1090. The number of halogens is 1. The van der Waals surface area contributed by atoms with Gasteiger partial charge in [-0.2, -0.15) is 0 Å². The van der Waals surface area contributed by atoms with Crippen LogP contribution in [0.2, 0.25) is 0 Å². The Kier molecular flexibility index (Phi) is 7.19. The summed E-state index contributed by atoms with van der Waals surface area (Å²) < 4.78 is 3.12. The molecule has 4 aromatic rings. The van der Waals surface area contributed by atoms with E-state index < -0.39 is 0 Å². The van der Waals surface area contributed by atoms with E-state index in [1.807, 2.05) is 53.4 Å². The highest BCUT2D eigenvalue weighted by atomic mass is 35.5. The van der Waals surface area contributed by atoms with Crippen LogP contribution >= 0.6 is 35.1 Å². The fraction of sp³-hybridized carbons (Fsp3) is 0.190. The van der Waals surface area contributed by atoms with Crippen LogP contribution in [0.4, 0.5) is 5.13 Å². The minimum absolute atomic E-state index is 0. The first-order valence-electron chi connectivity index (χ1n) is 9.06. The van der Waals surface area contributed by atoms with Gasteiger partial charge < -0.3 is 4.57 Å². The van der Waals surface area contributed by atoms with E-state index in [-0.39, 0.29) is 18.3 Å². The molecule has 5 nitrogen and oxygen atoms in total. The number of thiazole rings is 1. The van der Waals surface area contributed by atoms with E-state index in [0.29, 0.717) is 6.54 Å². The molecule has 150 valence electrons. The molecule has 8 heteroatoms. The molecular weight excluding hydrogens is 424 g/mol. The monoisotopic (exact) mass is 444 g/mol. The van der Waals surface area contributed by atoms with E-state index in [4.69, 9.17) is 4.98 Å². The number of carbonyl (C=O) groups excluding carboxylic acids is 1. The van der Waals surface area contributed by atoms with Crippen LogP contribution in [0.5, 0.6) is 0 Å². The molecule has 0 bridgehead atoms. The number of carbonyl (C=O) groups is 1.